The van der Waals surface area contributed by atoms with E-state index in [1.165, 1.54) is 0 Å². The average Bonchev–Trinajstić information content (AvgIpc) is 2.89. The van der Waals surface area contributed by atoms with Crippen molar-refractivity contribution in [1.82, 2.24) is 15.0 Å². The second kappa shape index (κ2) is 5.07. The number of aliphatic hydroxyl groups is 1. The van der Waals surface area contributed by atoms with Gasteiger partial charge in [0.25, 0.3) is 0 Å². The lowest BCUT2D eigenvalue weighted by atomic mass is 10.1. The Morgan fingerprint density at radius 1 is 1.21 bits per heavy atom. The molecule has 0 radical (unpaired) electrons. The van der Waals surface area contributed by atoms with Crippen molar-refractivity contribution < 1.29 is 5.11 Å². The van der Waals surface area contributed by atoms with E-state index in [9.17, 15) is 0 Å². The number of aromatic nitrogens is 3. The number of H-pyrrole nitrogens is 1. The number of aromatic amines is 1. The summed E-state index contributed by atoms with van der Waals surface area (Å²) in [6, 6.07) is 9.97. The number of benzene rings is 1. The summed E-state index contributed by atoms with van der Waals surface area (Å²) in [4.78, 5) is 11.8. The maximum Gasteiger partial charge on any atom is 0.223 e. The minimum atomic E-state index is 0.0562. The summed E-state index contributed by atoms with van der Waals surface area (Å²) < 4.78 is 0. The van der Waals surface area contributed by atoms with Gasteiger partial charge >= 0.3 is 0 Å². The molecule has 0 bridgehead atoms. The Morgan fingerprint density at radius 2 is 2.11 bits per heavy atom. The maximum absolute atomic E-state index is 8.80. The van der Waals surface area contributed by atoms with Crippen molar-refractivity contribution in [1.29, 1.82) is 0 Å². The van der Waals surface area contributed by atoms with E-state index in [-0.39, 0.29) is 6.61 Å². The molecule has 1 aromatic carbocycles. The molecule has 0 saturated heterocycles. The third kappa shape index (κ3) is 2.28. The molecule has 0 fully saturated rings. The molecule has 0 spiro atoms. The van der Waals surface area contributed by atoms with Crippen LogP contribution in [0.3, 0.4) is 0 Å². The van der Waals surface area contributed by atoms with E-state index in [1.54, 1.807) is 6.20 Å². The highest BCUT2D eigenvalue weighted by Gasteiger charge is 2.07. The van der Waals surface area contributed by atoms with E-state index < -0.39 is 0 Å². The monoisotopic (exact) mass is 254 g/mol. The Labute approximate surface area is 110 Å². The van der Waals surface area contributed by atoms with Crippen LogP contribution < -0.4 is 5.32 Å². The van der Waals surface area contributed by atoms with Crippen LogP contribution in [0.2, 0.25) is 0 Å². The summed E-state index contributed by atoms with van der Waals surface area (Å²) >= 11 is 0. The number of hydrogen-bond donors (Lipinski definition) is 3. The topological polar surface area (TPSA) is 73.8 Å². The third-order valence-electron chi connectivity index (χ3n) is 2.92. The smallest absolute Gasteiger partial charge is 0.223 e. The minimum absolute atomic E-state index is 0.0562. The van der Waals surface area contributed by atoms with Crippen molar-refractivity contribution in [2.45, 2.75) is 0 Å². The van der Waals surface area contributed by atoms with Gasteiger partial charge in [0.1, 0.15) is 0 Å². The average molecular weight is 254 g/mol. The van der Waals surface area contributed by atoms with Crippen molar-refractivity contribution in [2.24, 2.45) is 0 Å². The van der Waals surface area contributed by atoms with Crippen LogP contribution in [0, 0.1) is 0 Å². The number of fused-ring (bicyclic) bond motifs is 1. The van der Waals surface area contributed by atoms with Crippen LogP contribution in [0.1, 0.15) is 0 Å². The molecule has 3 aromatic rings. The summed E-state index contributed by atoms with van der Waals surface area (Å²) in [5.41, 5.74) is 2.99. The fourth-order valence-corrected chi connectivity index (χ4v) is 2.05. The van der Waals surface area contributed by atoms with Gasteiger partial charge in [0.2, 0.25) is 5.95 Å². The van der Waals surface area contributed by atoms with Gasteiger partial charge < -0.3 is 15.4 Å². The van der Waals surface area contributed by atoms with E-state index in [0.29, 0.717) is 12.5 Å². The fraction of sp³-hybridized carbons (Fsp3) is 0.143. The number of hydrogen-bond acceptors (Lipinski definition) is 4. The standard InChI is InChI=1S/C14H14N4O/c19-8-7-16-14-15-6-5-13(18-14)11-9-17-12-4-2-1-3-10(11)12/h1-6,9,17,19H,7-8H2,(H,15,16,18). The lowest BCUT2D eigenvalue weighted by Crippen LogP contribution is -2.08. The summed E-state index contributed by atoms with van der Waals surface area (Å²) in [6.07, 6.45) is 3.66. The molecule has 5 nitrogen and oxygen atoms in total. The van der Waals surface area contributed by atoms with Gasteiger partial charge in [0.15, 0.2) is 0 Å². The summed E-state index contributed by atoms with van der Waals surface area (Å²) in [7, 11) is 0. The molecule has 0 aliphatic carbocycles. The zero-order chi connectivity index (χ0) is 13.1. The van der Waals surface area contributed by atoms with Crippen molar-refractivity contribution in [3.05, 3.63) is 42.7 Å². The van der Waals surface area contributed by atoms with Gasteiger partial charge in [0, 0.05) is 35.4 Å². The molecule has 0 aliphatic heterocycles. The SMILES string of the molecule is OCCNc1nccc(-c2c[nH]c3ccccc23)n1. The van der Waals surface area contributed by atoms with Crippen LogP contribution in [0.4, 0.5) is 5.95 Å². The highest BCUT2D eigenvalue weighted by molar-refractivity contribution is 5.94. The van der Waals surface area contributed by atoms with E-state index in [0.717, 1.165) is 22.2 Å². The zero-order valence-electron chi connectivity index (χ0n) is 10.3. The summed E-state index contributed by atoms with van der Waals surface area (Å²) in [6.45, 7) is 0.498. The van der Waals surface area contributed by atoms with E-state index in [2.05, 4.69) is 26.3 Å². The highest BCUT2D eigenvalue weighted by atomic mass is 16.3. The van der Waals surface area contributed by atoms with E-state index in [4.69, 9.17) is 5.11 Å². The Morgan fingerprint density at radius 3 is 3.00 bits per heavy atom. The van der Waals surface area contributed by atoms with Crippen molar-refractivity contribution >= 4 is 16.9 Å². The first-order chi connectivity index (χ1) is 9.38. The Hall–Kier alpha value is -2.40. The molecule has 3 rings (SSSR count). The lowest BCUT2D eigenvalue weighted by Gasteiger charge is -2.04. The van der Waals surface area contributed by atoms with Crippen molar-refractivity contribution in [3.8, 4) is 11.3 Å². The second-order valence-electron chi connectivity index (χ2n) is 4.16. The predicted octanol–water partition coefficient (Wildman–Crippen LogP) is 2.03. The van der Waals surface area contributed by atoms with Crippen LogP contribution in [0.15, 0.2) is 42.7 Å². The van der Waals surface area contributed by atoms with Crippen LogP contribution in [-0.2, 0) is 0 Å². The molecule has 19 heavy (non-hydrogen) atoms. The van der Waals surface area contributed by atoms with Gasteiger partial charge in [-0.05, 0) is 12.1 Å². The van der Waals surface area contributed by atoms with Crippen molar-refractivity contribution in [2.75, 3.05) is 18.5 Å². The number of anilines is 1. The zero-order valence-corrected chi connectivity index (χ0v) is 10.3. The van der Waals surface area contributed by atoms with Crippen LogP contribution in [-0.4, -0.2) is 33.2 Å². The van der Waals surface area contributed by atoms with Crippen LogP contribution in [0.5, 0.6) is 0 Å². The Balaban J connectivity index is 2.01. The fourth-order valence-electron chi connectivity index (χ4n) is 2.05. The van der Waals surface area contributed by atoms with Crippen molar-refractivity contribution in [3.63, 3.8) is 0 Å². The van der Waals surface area contributed by atoms with Crippen LogP contribution >= 0.6 is 0 Å². The molecule has 2 heterocycles. The number of nitrogens with zero attached hydrogens (tertiary/aromatic N) is 2. The first kappa shape index (κ1) is 11.7. The first-order valence-corrected chi connectivity index (χ1v) is 6.13. The molecule has 3 N–H and O–H groups in total. The third-order valence-corrected chi connectivity index (χ3v) is 2.92. The number of aliphatic hydroxyl groups excluding tert-OH is 1. The van der Waals surface area contributed by atoms with Crippen LogP contribution in [0.25, 0.3) is 22.2 Å². The maximum atomic E-state index is 8.80. The van der Waals surface area contributed by atoms with Gasteiger partial charge in [-0.3, -0.25) is 0 Å². The number of nitrogens with one attached hydrogen (secondary N) is 2. The molecular formula is C14H14N4O. The molecule has 0 unspecified atom stereocenters. The van der Waals surface area contributed by atoms with E-state index >= 15 is 0 Å². The highest BCUT2D eigenvalue weighted by Crippen LogP contribution is 2.27. The summed E-state index contributed by atoms with van der Waals surface area (Å²) in [5.74, 6) is 0.525. The largest absolute Gasteiger partial charge is 0.395 e. The van der Waals surface area contributed by atoms with Gasteiger partial charge in [0.05, 0.1) is 12.3 Å². The van der Waals surface area contributed by atoms with Gasteiger partial charge in [-0.1, -0.05) is 18.2 Å². The van der Waals surface area contributed by atoms with Gasteiger partial charge in [-0.25, -0.2) is 9.97 Å². The quantitative estimate of drug-likeness (QED) is 0.666. The Kier molecular flexibility index (Phi) is 3.12. The Bertz CT molecular complexity index is 692. The molecule has 0 saturated carbocycles. The molecule has 0 atom stereocenters. The molecule has 96 valence electrons. The molecule has 2 aromatic heterocycles. The first-order valence-electron chi connectivity index (χ1n) is 6.13. The normalized spacial score (nSPS) is 10.8. The second-order valence-corrected chi connectivity index (χ2v) is 4.16. The number of rotatable bonds is 4. The predicted molar refractivity (Wildman–Crippen MR) is 74.9 cm³/mol. The minimum Gasteiger partial charge on any atom is -0.395 e. The molecule has 5 heteroatoms. The number of para-hydroxylation sites is 1. The van der Waals surface area contributed by atoms with Gasteiger partial charge in [-0.15, -0.1) is 0 Å². The van der Waals surface area contributed by atoms with E-state index in [1.807, 2.05) is 30.5 Å². The molecule has 0 aliphatic rings. The van der Waals surface area contributed by atoms with Gasteiger partial charge in [-0.2, -0.15) is 0 Å². The molecule has 0 amide bonds. The lowest BCUT2D eigenvalue weighted by molar-refractivity contribution is 0.311. The molecular weight excluding hydrogens is 240 g/mol. The summed E-state index contributed by atoms with van der Waals surface area (Å²) in [5, 5.41) is 12.9.